The summed E-state index contributed by atoms with van der Waals surface area (Å²) in [5.41, 5.74) is -0.869. The average molecular weight is 319 g/mol. The quantitative estimate of drug-likeness (QED) is 0.615. The Bertz CT molecular complexity index is 435. The van der Waals surface area contributed by atoms with Crippen molar-refractivity contribution in [1.82, 2.24) is 15.4 Å². The summed E-state index contributed by atoms with van der Waals surface area (Å²) in [5, 5.41) is 4.42. The molecule has 10 heteroatoms. The second-order valence-corrected chi connectivity index (χ2v) is 6.94. The fraction of sp³-hybridized carbons (Fsp3) is 0.900. The Morgan fingerprint density at radius 2 is 1.70 bits per heavy atom. The van der Waals surface area contributed by atoms with Crippen molar-refractivity contribution in [2.45, 2.75) is 38.5 Å². The van der Waals surface area contributed by atoms with Gasteiger partial charge in [-0.2, -0.15) is 13.2 Å². The first kappa shape index (κ1) is 19.1. The van der Waals surface area contributed by atoms with E-state index in [0.29, 0.717) is 0 Å². The molecule has 0 aliphatic heterocycles. The molecule has 120 valence electrons. The number of hydrogen-bond donors (Lipinski definition) is 3. The van der Waals surface area contributed by atoms with E-state index in [-0.39, 0.29) is 6.54 Å². The van der Waals surface area contributed by atoms with Gasteiger partial charge in [0.25, 0.3) is 0 Å². The maximum atomic E-state index is 11.9. The fourth-order valence-corrected chi connectivity index (χ4v) is 2.46. The Labute approximate surface area is 116 Å². The van der Waals surface area contributed by atoms with Crippen molar-refractivity contribution in [2.24, 2.45) is 0 Å². The van der Waals surface area contributed by atoms with Gasteiger partial charge in [0.1, 0.15) is 6.54 Å². The Kier molecular flexibility index (Phi) is 6.43. The average Bonchev–Trinajstić information content (AvgIpc) is 2.18. The Hall–Kier alpha value is -0.870. The summed E-state index contributed by atoms with van der Waals surface area (Å²) in [6.45, 7) is 3.24. The monoisotopic (exact) mass is 319 g/mol. The van der Waals surface area contributed by atoms with Gasteiger partial charge < -0.3 is 10.6 Å². The zero-order valence-corrected chi connectivity index (χ0v) is 12.6. The molecule has 0 radical (unpaired) electrons. The van der Waals surface area contributed by atoms with E-state index in [1.165, 1.54) is 6.92 Å². The predicted octanol–water partition coefficient (Wildman–Crippen LogP) is -0.0292. The number of hydrogen-bond acceptors (Lipinski definition) is 4. The van der Waals surface area contributed by atoms with Crippen LogP contribution in [0.5, 0.6) is 0 Å². The molecule has 0 aromatic heterocycles. The number of amides is 1. The zero-order valence-electron chi connectivity index (χ0n) is 11.8. The molecular formula is C10H20F3N3O3S. The highest BCUT2D eigenvalue weighted by Gasteiger charge is 2.29. The molecule has 0 fully saturated rings. The van der Waals surface area contributed by atoms with E-state index >= 15 is 0 Å². The maximum absolute atomic E-state index is 11.9. The smallest absolute Gasteiger partial charge is 0.346 e. The Morgan fingerprint density at radius 3 is 2.10 bits per heavy atom. The van der Waals surface area contributed by atoms with Gasteiger partial charge in [-0.3, -0.25) is 4.79 Å². The van der Waals surface area contributed by atoms with Crippen LogP contribution in [0.2, 0.25) is 0 Å². The van der Waals surface area contributed by atoms with Crippen molar-refractivity contribution in [2.75, 3.05) is 19.3 Å². The molecule has 0 aliphatic carbocycles. The molecule has 1 atom stereocenters. The number of sulfonamides is 1. The summed E-state index contributed by atoms with van der Waals surface area (Å²) in [7, 11) is -3.42. The second kappa shape index (κ2) is 6.72. The Balaban J connectivity index is 4.27. The van der Waals surface area contributed by atoms with Crippen LogP contribution in [0.15, 0.2) is 0 Å². The van der Waals surface area contributed by atoms with E-state index in [2.05, 4.69) is 10.0 Å². The van der Waals surface area contributed by atoms with Gasteiger partial charge in [-0.1, -0.05) is 0 Å². The van der Waals surface area contributed by atoms with Gasteiger partial charge in [0, 0.05) is 12.1 Å². The molecule has 20 heavy (non-hydrogen) atoms. The van der Waals surface area contributed by atoms with Crippen molar-refractivity contribution in [3.8, 4) is 0 Å². The van der Waals surface area contributed by atoms with Crippen LogP contribution >= 0.6 is 0 Å². The van der Waals surface area contributed by atoms with Crippen LogP contribution in [-0.2, 0) is 14.8 Å². The molecule has 0 bridgehead atoms. The molecule has 0 rings (SSSR count). The lowest BCUT2D eigenvalue weighted by Gasteiger charge is -2.27. The van der Waals surface area contributed by atoms with Gasteiger partial charge in [0.2, 0.25) is 15.9 Å². The van der Waals surface area contributed by atoms with Crippen LogP contribution in [0, 0.1) is 0 Å². The first-order valence-electron chi connectivity index (χ1n) is 5.79. The molecule has 3 N–H and O–H groups in total. The highest BCUT2D eigenvalue weighted by Crippen LogP contribution is 2.12. The molecule has 0 aromatic rings. The number of halogens is 3. The normalized spacial score (nSPS) is 14.9. The number of nitrogens with one attached hydrogen (secondary N) is 3. The van der Waals surface area contributed by atoms with Crippen LogP contribution in [0.1, 0.15) is 20.8 Å². The van der Waals surface area contributed by atoms with E-state index in [4.69, 9.17) is 0 Å². The third kappa shape index (κ3) is 9.98. The van der Waals surface area contributed by atoms with Crippen LogP contribution in [-0.4, -0.2) is 51.4 Å². The third-order valence-corrected chi connectivity index (χ3v) is 3.09. The standard InChI is InChI=1S/C10H20F3N3O3S/c1-7(8(17)15-6-10(11,12)13)14-5-9(2,3)16-20(4,18)19/h7,14,16H,5-6H2,1-4H3,(H,15,17). The summed E-state index contributed by atoms with van der Waals surface area (Å²) >= 11 is 0. The van der Waals surface area contributed by atoms with Crippen LogP contribution in [0.3, 0.4) is 0 Å². The summed E-state index contributed by atoms with van der Waals surface area (Å²) < 4.78 is 60.3. The summed E-state index contributed by atoms with van der Waals surface area (Å²) in [5.74, 6) is -0.808. The predicted molar refractivity (Wildman–Crippen MR) is 68.6 cm³/mol. The highest BCUT2D eigenvalue weighted by molar-refractivity contribution is 7.88. The zero-order chi connectivity index (χ0) is 16.2. The lowest BCUT2D eigenvalue weighted by atomic mass is 10.1. The summed E-state index contributed by atoms with van der Waals surface area (Å²) in [6.07, 6.45) is -3.47. The maximum Gasteiger partial charge on any atom is 0.405 e. The highest BCUT2D eigenvalue weighted by atomic mass is 32.2. The van der Waals surface area contributed by atoms with Crippen LogP contribution in [0.4, 0.5) is 13.2 Å². The number of carbonyl (C=O) groups is 1. The van der Waals surface area contributed by atoms with E-state index < -0.39 is 40.2 Å². The number of rotatable bonds is 7. The SMILES string of the molecule is CC(NCC(C)(C)NS(C)(=O)=O)C(=O)NCC(F)(F)F. The van der Waals surface area contributed by atoms with Gasteiger partial charge in [-0.15, -0.1) is 0 Å². The lowest BCUT2D eigenvalue weighted by molar-refractivity contribution is -0.139. The second-order valence-electron chi connectivity index (χ2n) is 5.19. The Morgan fingerprint density at radius 1 is 1.20 bits per heavy atom. The minimum Gasteiger partial charge on any atom is -0.346 e. The van der Waals surface area contributed by atoms with E-state index in [9.17, 15) is 26.4 Å². The van der Waals surface area contributed by atoms with Crippen molar-refractivity contribution < 1.29 is 26.4 Å². The third-order valence-electron chi connectivity index (χ3n) is 2.17. The molecule has 1 unspecified atom stereocenters. The molecule has 6 nitrogen and oxygen atoms in total. The van der Waals surface area contributed by atoms with Crippen molar-refractivity contribution in [1.29, 1.82) is 0 Å². The first-order valence-corrected chi connectivity index (χ1v) is 7.68. The van der Waals surface area contributed by atoms with Gasteiger partial charge in [0.15, 0.2) is 0 Å². The minimum atomic E-state index is -4.47. The molecular weight excluding hydrogens is 299 g/mol. The lowest BCUT2D eigenvalue weighted by Crippen LogP contribution is -2.54. The fourth-order valence-electron chi connectivity index (χ4n) is 1.38. The number of alkyl halides is 3. The molecule has 0 saturated heterocycles. The first-order chi connectivity index (χ1) is 8.72. The molecule has 0 heterocycles. The topological polar surface area (TPSA) is 87.3 Å². The molecule has 0 aromatic carbocycles. The van der Waals surface area contributed by atoms with Crippen molar-refractivity contribution >= 4 is 15.9 Å². The summed E-state index contributed by atoms with van der Waals surface area (Å²) in [4.78, 5) is 11.4. The van der Waals surface area contributed by atoms with Gasteiger partial charge >= 0.3 is 6.18 Å². The van der Waals surface area contributed by atoms with Crippen molar-refractivity contribution in [3.05, 3.63) is 0 Å². The largest absolute Gasteiger partial charge is 0.405 e. The number of carbonyl (C=O) groups excluding carboxylic acids is 1. The van der Waals surface area contributed by atoms with Crippen LogP contribution in [0.25, 0.3) is 0 Å². The van der Waals surface area contributed by atoms with Gasteiger partial charge in [0.05, 0.1) is 12.3 Å². The van der Waals surface area contributed by atoms with E-state index in [1.54, 1.807) is 19.2 Å². The van der Waals surface area contributed by atoms with Crippen LogP contribution < -0.4 is 15.4 Å². The molecule has 0 saturated carbocycles. The van der Waals surface area contributed by atoms with Crippen molar-refractivity contribution in [3.63, 3.8) is 0 Å². The minimum absolute atomic E-state index is 0.0840. The molecule has 0 spiro atoms. The molecule has 0 aliphatic rings. The van der Waals surface area contributed by atoms with Gasteiger partial charge in [-0.25, -0.2) is 13.1 Å². The van der Waals surface area contributed by atoms with Gasteiger partial charge in [-0.05, 0) is 20.8 Å². The van der Waals surface area contributed by atoms with E-state index in [1.807, 2.05) is 0 Å². The summed E-state index contributed by atoms with van der Waals surface area (Å²) in [6, 6.07) is -0.877. The molecule has 1 amide bonds. The van der Waals surface area contributed by atoms with E-state index in [0.717, 1.165) is 6.26 Å².